The first-order valence-corrected chi connectivity index (χ1v) is 11.2. The number of rotatable bonds is 4. The molecule has 2 fully saturated rings. The maximum Gasteiger partial charge on any atom is 0.256 e. The van der Waals surface area contributed by atoms with Crippen LogP contribution in [0.25, 0.3) is 5.65 Å². The SMILES string of the molecule is COc1ccn2ncc(C(=O)NC3CCC4(CC3)CCN(c3ccc(F)cc3Cl)C4=O)c2n1. The minimum atomic E-state index is -0.460. The van der Waals surface area contributed by atoms with Gasteiger partial charge < -0.3 is 15.0 Å². The summed E-state index contributed by atoms with van der Waals surface area (Å²) in [4.78, 5) is 32.2. The van der Waals surface area contributed by atoms with Crippen LogP contribution >= 0.6 is 11.6 Å². The molecule has 1 aliphatic heterocycles. The first kappa shape index (κ1) is 21.6. The third kappa shape index (κ3) is 3.80. The maximum atomic E-state index is 13.4. The lowest BCUT2D eigenvalue weighted by Gasteiger charge is -2.36. The number of benzene rings is 1. The number of aromatic nitrogens is 3. The van der Waals surface area contributed by atoms with Crippen molar-refractivity contribution in [2.24, 2.45) is 5.41 Å². The zero-order valence-electron chi connectivity index (χ0n) is 18.1. The molecule has 1 N–H and O–H groups in total. The number of carbonyl (C=O) groups is 2. The molecule has 1 spiro atoms. The third-order valence-corrected chi connectivity index (χ3v) is 7.09. The molecule has 2 amide bonds. The van der Waals surface area contributed by atoms with Crippen LogP contribution in [0.3, 0.4) is 0 Å². The molecule has 1 saturated carbocycles. The molecule has 1 aliphatic carbocycles. The van der Waals surface area contributed by atoms with Gasteiger partial charge in [-0.25, -0.2) is 8.91 Å². The van der Waals surface area contributed by atoms with Crippen molar-refractivity contribution in [2.45, 2.75) is 38.1 Å². The molecule has 3 heterocycles. The minimum absolute atomic E-state index is 0.0275. The number of hydrogen-bond acceptors (Lipinski definition) is 5. The normalized spacial score (nSPS) is 22.8. The van der Waals surface area contributed by atoms with Gasteiger partial charge in [-0.2, -0.15) is 10.1 Å². The van der Waals surface area contributed by atoms with Gasteiger partial charge in [0.2, 0.25) is 11.8 Å². The molecule has 0 atom stereocenters. The number of amides is 2. The average Bonchev–Trinajstić information content (AvgIpc) is 3.37. The standard InChI is InChI=1S/C23H23ClFN5O3/c1-33-19-6-10-30-20(28-19)16(13-26-30)21(31)27-15-4-7-23(8-5-15)9-11-29(22(23)32)18-3-2-14(25)12-17(18)24/h2-3,6,10,12-13,15H,4-5,7-9,11H2,1H3,(H,27,31). The lowest BCUT2D eigenvalue weighted by molar-refractivity contribution is -0.127. The van der Waals surface area contributed by atoms with Gasteiger partial charge in [-0.1, -0.05) is 11.6 Å². The second-order valence-corrected chi connectivity index (χ2v) is 9.03. The molecule has 1 saturated heterocycles. The van der Waals surface area contributed by atoms with Crippen molar-refractivity contribution < 1.29 is 18.7 Å². The Bertz CT molecular complexity index is 1240. The Morgan fingerprint density at radius 1 is 1.27 bits per heavy atom. The van der Waals surface area contributed by atoms with Crippen LogP contribution in [0, 0.1) is 11.2 Å². The number of halogens is 2. The van der Waals surface area contributed by atoms with E-state index < -0.39 is 11.2 Å². The monoisotopic (exact) mass is 471 g/mol. The van der Waals surface area contributed by atoms with Crippen molar-refractivity contribution in [1.82, 2.24) is 19.9 Å². The highest BCUT2D eigenvalue weighted by Crippen LogP contribution is 2.47. The van der Waals surface area contributed by atoms with Gasteiger partial charge in [0.05, 0.1) is 29.4 Å². The summed E-state index contributed by atoms with van der Waals surface area (Å²) in [5.41, 5.74) is 0.893. The van der Waals surface area contributed by atoms with Gasteiger partial charge in [0.25, 0.3) is 5.91 Å². The number of carbonyl (C=O) groups excluding carboxylic acids is 2. The molecule has 10 heteroatoms. The van der Waals surface area contributed by atoms with E-state index in [1.54, 1.807) is 23.2 Å². The van der Waals surface area contributed by atoms with Crippen molar-refractivity contribution >= 4 is 34.7 Å². The molecule has 33 heavy (non-hydrogen) atoms. The van der Waals surface area contributed by atoms with Gasteiger partial charge in [-0.15, -0.1) is 0 Å². The summed E-state index contributed by atoms with van der Waals surface area (Å²) in [6.45, 7) is 0.553. The molecule has 2 aromatic heterocycles. The Morgan fingerprint density at radius 3 is 2.79 bits per heavy atom. The molecule has 8 nitrogen and oxygen atoms in total. The Labute approximate surface area is 194 Å². The fraction of sp³-hybridized carbons (Fsp3) is 0.391. The highest BCUT2D eigenvalue weighted by molar-refractivity contribution is 6.34. The summed E-state index contributed by atoms with van der Waals surface area (Å²) in [6, 6.07) is 5.73. The predicted octanol–water partition coefficient (Wildman–Crippen LogP) is 3.63. The van der Waals surface area contributed by atoms with E-state index in [0.29, 0.717) is 55.0 Å². The zero-order chi connectivity index (χ0) is 23.2. The summed E-state index contributed by atoms with van der Waals surface area (Å²) >= 11 is 6.19. The fourth-order valence-corrected chi connectivity index (χ4v) is 5.19. The minimum Gasteiger partial charge on any atom is -0.481 e. The molecule has 0 radical (unpaired) electrons. The maximum absolute atomic E-state index is 13.4. The lowest BCUT2D eigenvalue weighted by atomic mass is 9.71. The van der Waals surface area contributed by atoms with Crippen LogP contribution in [0.4, 0.5) is 10.1 Å². The highest BCUT2D eigenvalue weighted by atomic mass is 35.5. The lowest BCUT2D eigenvalue weighted by Crippen LogP contribution is -2.44. The summed E-state index contributed by atoms with van der Waals surface area (Å²) in [6.07, 6.45) is 6.63. The van der Waals surface area contributed by atoms with E-state index in [1.165, 1.54) is 30.0 Å². The Hall–Kier alpha value is -3.20. The number of anilines is 1. The quantitative estimate of drug-likeness (QED) is 0.627. The molecular weight excluding hydrogens is 449 g/mol. The number of nitrogens with zero attached hydrogens (tertiary/aromatic N) is 4. The Kier molecular flexibility index (Phi) is 5.44. The largest absolute Gasteiger partial charge is 0.481 e. The van der Waals surface area contributed by atoms with E-state index in [0.717, 1.165) is 6.42 Å². The number of methoxy groups -OCH3 is 1. The number of ether oxygens (including phenoxy) is 1. The second-order valence-electron chi connectivity index (χ2n) is 8.63. The number of fused-ring (bicyclic) bond motifs is 1. The summed E-state index contributed by atoms with van der Waals surface area (Å²) in [7, 11) is 1.52. The molecule has 3 aromatic rings. The summed E-state index contributed by atoms with van der Waals surface area (Å²) in [5, 5.41) is 7.48. The smallest absolute Gasteiger partial charge is 0.256 e. The van der Waals surface area contributed by atoms with Crippen LogP contribution in [-0.2, 0) is 4.79 Å². The van der Waals surface area contributed by atoms with Crippen molar-refractivity contribution in [3.05, 3.63) is 53.1 Å². The summed E-state index contributed by atoms with van der Waals surface area (Å²) in [5.74, 6) is -0.243. The van der Waals surface area contributed by atoms with Gasteiger partial charge in [0, 0.05) is 24.8 Å². The van der Waals surface area contributed by atoms with Crippen LogP contribution in [0.2, 0.25) is 5.02 Å². The van der Waals surface area contributed by atoms with Crippen molar-refractivity contribution in [2.75, 3.05) is 18.6 Å². The molecule has 1 aromatic carbocycles. The third-order valence-electron chi connectivity index (χ3n) is 6.79. The zero-order valence-corrected chi connectivity index (χ0v) is 18.8. The van der Waals surface area contributed by atoms with E-state index in [1.807, 2.05) is 0 Å². The Morgan fingerprint density at radius 2 is 2.06 bits per heavy atom. The van der Waals surface area contributed by atoms with Gasteiger partial charge in [0.1, 0.15) is 11.4 Å². The molecular formula is C23H23ClFN5O3. The van der Waals surface area contributed by atoms with Crippen LogP contribution in [0.5, 0.6) is 5.88 Å². The number of hydrogen-bond donors (Lipinski definition) is 1. The number of nitrogens with one attached hydrogen (secondary N) is 1. The predicted molar refractivity (Wildman–Crippen MR) is 120 cm³/mol. The highest BCUT2D eigenvalue weighted by Gasteiger charge is 2.49. The average molecular weight is 472 g/mol. The van der Waals surface area contributed by atoms with Crippen molar-refractivity contribution in [1.29, 1.82) is 0 Å². The fourth-order valence-electron chi connectivity index (χ4n) is 4.92. The Balaban J connectivity index is 1.25. The second kappa shape index (κ2) is 8.30. The van der Waals surface area contributed by atoms with Crippen LogP contribution in [0.15, 0.2) is 36.7 Å². The summed E-state index contributed by atoms with van der Waals surface area (Å²) < 4.78 is 20.1. The molecule has 0 bridgehead atoms. The van der Waals surface area contributed by atoms with Crippen molar-refractivity contribution in [3.63, 3.8) is 0 Å². The van der Waals surface area contributed by atoms with Gasteiger partial charge in [-0.05, 0) is 50.3 Å². The molecule has 5 rings (SSSR count). The molecule has 0 unspecified atom stereocenters. The first-order chi connectivity index (χ1) is 15.9. The van der Waals surface area contributed by atoms with E-state index in [-0.39, 0.29) is 22.9 Å². The topological polar surface area (TPSA) is 88.8 Å². The molecule has 2 aliphatic rings. The van der Waals surface area contributed by atoms with Crippen LogP contribution in [-0.4, -0.2) is 46.1 Å². The first-order valence-electron chi connectivity index (χ1n) is 10.9. The van der Waals surface area contributed by atoms with Crippen LogP contribution in [0.1, 0.15) is 42.5 Å². The van der Waals surface area contributed by atoms with Crippen molar-refractivity contribution in [3.8, 4) is 5.88 Å². The van der Waals surface area contributed by atoms with Gasteiger partial charge in [0.15, 0.2) is 5.65 Å². The molecule has 172 valence electrons. The van der Waals surface area contributed by atoms with Gasteiger partial charge in [-0.3, -0.25) is 9.59 Å². The van der Waals surface area contributed by atoms with Crippen LogP contribution < -0.4 is 15.0 Å². The van der Waals surface area contributed by atoms with E-state index >= 15 is 0 Å². The van der Waals surface area contributed by atoms with E-state index in [9.17, 15) is 14.0 Å². The van der Waals surface area contributed by atoms with E-state index in [2.05, 4.69) is 15.4 Å². The van der Waals surface area contributed by atoms with Gasteiger partial charge >= 0.3 is 0 Å². The van der Waals surface area contributed by atoms with E-state index in [4.69, 9.17) is 16.3 Å².